The Morgan fingerprint density at radius 2 is 2.28 bits per heavy atom. The fourth-order valence-corrected chi connectivity index (χ4v) is 2.56. The van der Waals surface area contributed by atoms with Gasteiger partial charge in [0.2, 0.25) is 0 Å². The lowest BCUT2D eigenvalue weighted by molar-refractivity contribution is 0.0744. The second kappa shape index (κ2) is 4.71. The molecule has 1 aromatic heterocycles. The van der Waals surface area contributed by atoms with Crippen molar-refractivity contribution in [2.45, 2.75) is 25.0 Å². The number of furan rings is 1. The van der Waals surface area contributed by atoms with Crippen molar-refractivity contribution in [1.82, 2.24) is 5.32 Å². The van der Waals surface area contributed by atoms with Gasteiger partial charge in [-0.05, 0) is 44.2 Å². The summed E-state index contributed by atoms with van der Waals surface area (Å²) in [6, 6.07) is 6.49. The molecule has 96 valence electrons. The van der Waals surface area contributed by atoms with Gasteiger partial charge in [-0.3, -0.25) is 0 Å². The molecular formula is C14H16FNO2. The molecule has 4 heteroatoms. The van der Waals surface area contributed by atoms with Crippen molar-refractivity contribution in [3.05, 3.63) is 35.8 Å². The molecule has 0 spiro atoms. The van der Waals surface area contributed by atoms with Crippen LogP contribution in [-0.2, 0) is 4.74 Å². The van der Waals surface area contributed by atoms with Crippen LogP contribution in [0.4, 0.5) is 4.39 Å². The molecule has 1 saturated heterocycles. The summed E-state index contributed by atoms with van der Waals surface area (Å²) in [6.45, 7) is 0.803. The first kappa shape index (κ1) is 11.7. The topological polar surface area (TPSA) is 34.4 Å². The first-order valence-corrected chi connectivity index (χ1v) is 6.26. The summed E-state index contributed by atoms with van der Waals surface area (Å²) < 4.78 is 24.6. The van der Waals surface area contributed by atoms with Crippen LogP contribution >= 0.6 is 0 Å². The van der Waals surface area contributed by atoms with Crippen molar-refractivity contribution in [3.63, 3.8) is 0 Å². The smallest absolute Gasteiger partial charge is 0.134 e. The predicted octanol–water partition coefficient (Wildman–Crippen LogP) is 3.01. The van der Waals surface area contributed by atoms with Crippen molar-refractivity contribution < 1.29 is 13.5 Å². The van der Waals surface area contributed by atoms with Crippen LogP contribution in [-0.4, -0.2) is 19.8 Å². The number of fused-ring (bicyclic) bond motifs is 1. The Balaban J connectivity index is 1.96. The molecular weight excluding hydrogens is 233 g/mol. The highest BCUT2D eigenvalue weighted by molar-refractivity contribution is 5.78. The summed E-state index contributed by atoms with van der Waals surface area (Å²) in [7, 11) is 1.89. The van der Waals surface area contributed by atoms with Gasteiger partial charge in [0.25, 0.3) is 0 Å². The Hall–Kier alpha value is -1.39. The van der Waals surface area contributed by atoms with Crippen LogP contribution in [0.2, 0.25) is 0 Å². The number of halogens is 1. The molecule has 0 radical (unpaired) electrons. The molecule has 1 fully saturated rings. The van der Waals surface area contributed by atoms with Crippen LogP contribution in [0.1, 0.15) is 24.6 Å². The number of nitrogens with one attached hydrogen (secondary N) is 1. The molecule has 0 saturated carbocycles. The van der Waals surface area contributed by atoms with Crippen LogP contribution in [0.15, 0.2) is 28.7 Å². The van der Waals surface area contributed by atoms with Crippen LogP contribution < -0.4 is 5.32 Å². The van der Waals surface area contributed by atoms with E-state index in [0.29, 0.717) is 5.58 Å². The first-order chi connectivity index (χ1) is 8.78. The normalized spacial score (nSPS) is 21.6. The third-order valence-electron chi connectivity index (χ3n) is 3.45. The van der Waals surface area contributed by atoms with E-state index in [1.165, 1.54) is 12.1 Å². The van der Waals surface area contributed by atoms with Gasteiger partial charge in [-0.15, -0.1) is 0 Å². The second-order valence-corrected chi connectivity index (χ2v) is 4.65. The molecule has 3 rings (SSSR count). The van der Waals surface area contributed by atoms with Crippen LogP contribution in [0.3, 0.4) is 0 Å². The molecule has 2 unspecified atom stereocenters. The zero-order valence-electron chi connectivity index (χ0n) is 10.3. The summed E-state index contributed by atoms with van der Waals surface area (Å²) >= 11 is 0. The van der Waals surface area contributed by atoms with Gasteiger partial charge in [0.1, 0.15) is 17.2 Å². The van der Waals surface area contributed by atoms with E-state index in [0.717, 1.165) is 30.6 Å². The summed E-state index contributed by atoms with van der Waals surface area (Å²) in [5.74, 6) is 0.568. The zero-order chi connectivity index (χ0) is 12.5. The molecule has 2 heterocycles. The highest BCUT2D eigenvalue weighted by Crippen LogP contribution is 2.30. The maximum absolute atomic E-state index is 13.1. The van der Waals surface area contributed by atoms with Gasteiger partial charge in [-0.2, -0.15) is 0 Å². The predicted molar refractivity (Wildman–Crippen MR) is 66.9 cm³/mol. The largest absolute Gasteiger partial charge is 0.459 e. The van der Waals surface area contributed by atoms with Crippen molar-refractivity contribution >= 4 is 11.0 Å². The van der Waals surface area contributed by atoms with E-state index in [9.17, 15) is 4.39 Å². The number of ether oxygens (including phenoxy) is 1. The quantitative estimate of drug-likeness (QED) is 0.908. The van der Waals surface area contributed by atoms with Gasteiger partial charge in [-0.1, -0.05) is 0 Å². The van der Waals surface area contributed by atoms with E-state index < -0.39 is 0 Å². The van der Waals surface area contributed by atoms with Gasteiger partial charge < -0.3 is 14.5 Å². The summed E-state index contributed by atoms with van der Waals surface area (Å²) in [6.07, 6.45) is 2.25. The molecule has 2 atom stereocenters. The van der Waals surface area contributed by atoms with Crippen molar-refractivity contribution in [2.24, 2.45) is 0 Å². The molecule has 0 aliphatic carbocycles. The third-order valence-corrected chi connectivity index (χ3v) is 3.45. The Bertz CT molecular complexity index is 546. The van der Waals surface area contributed by atoms with E-state index in [4.69, 9.17) is 9.15 Å². The van der Waals surface area contributed by atoms with E-state index in [2.05, 4.69) is 5.32 Å². The lowest BCUT2D eigenvalue weighted by Gasteiger charge is -2.19. The molecule has 0 bridgehead atoms. The SMILES string of the molecule is CNC(c1cc2cc(F)ccc2o1)C1CCCO1. The van der Waals surface area contributed by atoms with Crippen molar-refractivity contribution in [2.75, 3.05) is 13.7 Å². The maximum atomic E-state index is 13.1. The van der Waals surface area contributed by atoms with Gasteiger partial charge in [0, 0.05) is 12.0 Å². The van der Waals surface area contributed by atoms with Gasteiger partial charge in [0.05, 0.1) is 12.1 Å². The molecule has 0 amide bonds. The van der Waals surface area contributed by atoms with Crippen molar-refractivity contribution in [3.8, 4) is 0 Å². The Kier molecular flexibility index (Phi) is 3.06. The lowest BCUT2D eigenvalue weighted by atomic mass is 10.1. The summed E-state index contributed by atoms with van der Waals surface area (Å²) in [4.78, 5) is 0. The fraction of sp³-hybridized carbons (Fsp3) is 0.429. The number of hydrogen-bond donors (Lipinski definition) is 1. The molecule has 2 aromatic rings. The first-order valence-electron chi connectivity index (χ1n) is 6.26. The monoisotopic (exact) mass is 249 g/mol. The average molecular weight is 249 g/mol. The highest BCUT2D eigenvalue weighted by atomic mass is 19.1. The Morgan fingerprint density at radius 1 is 1.39 bits per heavy atom. The van der Waals surface area contributed by atoms with Crippen molar-refractivity contribution in [1.29, 1.82) is 0 Å². The van der Waals surface area contributed by atoms with Crippen LogP contribution in [0.25, 0.3) is 11.0 Å². The molecule has 1 aliphatic heterocycles. The standard InChI is InChI=1S/C14H16FNO2/c1-16-14(12-3-2-6-17-12)13-8-9-7-10(15)4-5-11(9)18-13/h4-5,7-8,12,14,16H,2-3,6H2,1H3. The Morgan fingerprint density at radius 3 is 3.00 bits per heavy atom. The highest BCUT2D eigenvalue weighted by Gasteiger charge is 2.28. The van der Waals surface area contributed by atoms with E-state index in [-0.39, 0.29) is 18.0 Å². The zero-order valence-corrected chi connectivity index (χ0v) is 10.3. The van der Waals surface area contributed by atoms with Gasteiger partial charge in [-0.25, -0.2) is 4.39 Å². The molecule has 18 heavy (non-hydrogen) atoms. The van der Waals surface area contributed by atoms with E-state index >= 15 is 0 Å². The van der Waals surface area contributed by atoms with E-state index in [1.807, 2.05) is 13.1 Å². The maximum Gasteiger partial charge on any atom is 0.134 e. The summed E-state index contributed by atoms with van der Waals surface area (Å²) in [5.41, 5.74) is 0.713. The minimum atomic E-state index is -0.243. The molecule has 1 N–H and O–H groups in total. The number of hydrogen-bond acceptors (Lipinski definition) is 3. The lowest BCUT2D eigenvalue weighted by Crippen LogP contribution is -2.28. The minimum absolute atomic E-state index is 0.0305. The second-order valence-electron chi connectivity index (χ2n) is 4.65. The van der Waals surface area contributed by atoms with Crippen LogP contribution in [0, 0.1) is 5.82 Å². The summed E-state index contributed by atoms with van der Waals surface area (Å²) in [5, 5.41) is 4.02. The number of rotatable bonds is 3. The fourth-order valence-electron chi connectivity index (χ4n) is 2.56. The Labute approximate surface area is 105 Å². The minimum Gasteiger partial charge on any atom is -0.459 e. The van der Waals surface area contributed by atoms with Crippen LogP contribution in [0.5, 0.6) is 0 Å². The number of likely N-dealkylation sites (N-methyl/N-ethyl adjacent to an activating group) is 1. The molecule has 3 nitrogen and oxygen atoms in total. The molecule has 1 aromatic carbocycles. The van der Waals surface area contributed by atoms with Gasteiger partial charge >= 0.3 is 0 Å². The number of benzene rings is 1. The average Bonchev–Trinajstić information content (AvgIpc) is 2.98. The van der Waals surface area contributed by atoms with Gasteiger partial charge in [0.15, 0.2) is 0 Å². The van der Waals surface area contributed by atoms with E-state index in [1.54, 1.807) is 6.07 Å². The molecule has 1 aliphatic rings. The third kappa shape index (κ3) is 2.02.